The summed E-state index contributed by atoms with van der Waals surface area (Å²) in [5.74, 6) is 1.29. The van der Waals surface area contributed by atoms with Crippen LogP contribution in [0.25, 0.3) is 0 Å². The first kappa shape index (κ1) is 24.0. The van der Waals surface area contributed by atoms with Crippen molar-refractivity contribution in [2.45, 2.75) is 38.3 Å². The number of aromatic nitrogens is 1. The SMILES string of the molecule is COc1ccc(CN2CCN(C(=O)[C@H](C)NS(=O)(=O)c3c(C)noc3C)CC2)cc1OC. The topological polar surface area (TPSA) is 114 Å². The van der Waals surface area contributed by atoms with Gasteiger partial charge in [0, 0.05) is 32.7 Å². The van der Waals surface area contributed by atoms with Gasteiger partial charge in [-0.2, -0.15) is 4.72 Å². The number of nitrogens with zero attached hydrogens (tertiary/aromatic N) is 3. The normalized spacial score (nSPS) is 16.1. The van der Waals surface area contributed by atoms with Crippen LogP contribution in [0.1, 0.15) is 23.9 Å². The molecule has 0 aliphatic carbocycles. The van der Waals surface area contributed by atoms with Crippen LogP contribution in [0.3, 0.4) is 0 Å². The van der Waals surface area contributed by atoms with E-state index in [1.54, 1.807) is 33.0 Å². The van der Waals surface area contributed by atoms with E-state index in [0.29, 0.717) is 37.7 Å². The van der Waals surface area contributed by atoms with E-state index in [-0.39, 0.29) is 22.3 Å². The number of sulfonamides is 1. The van der Waals surface area contributed by atoms with Gasteiger partial charge in [0.1, 0.15) is 10.6 Å². The summed E-state index contributed by atoms with van der Waals surface area (Å²) in [6.45, 7) is 7.75. The Morgan fingerprint density at radius 3 is 2.38 bits per heavy atom. The average molecular weight is 467 g/mol. The summed E-state index contributed by atoms with van der Waals surface area (Å²) in [5.41, 5.74) is 1.35. The van der Waals surface area contributed by atoms with Crippen LogP contribution >= 0.6 is 0 Å². The minimum absolute atomic E-state index is 0.0168. The predicted octanol–water partition coefficient (Wildman–Crippen LogP) is 1.32. The summed E-state index contributed by atoms with van der Waals surface area (Å²) in [6, 6.07) is 4.92. The van der Waals surface area contributed by atoms with Gasteiger partial charge < -0.3 is 18.9 Å². The molecule has 2 heterocycles. The molecule has 0 saturated carbocycles. The number of hydrogen-bond donors (Lipinski definition) is 1. The molecule has 1 aromatic carbocycles. The summed E-state index contributed by atoms with van der Waals surface area (Å²) in [4.78, 5) is 16.8. The maximum Gasteiger partial charge on any atom is 0.246 e. The van der Waals surface area contributed by atoms with Crippen LogP contribution in [-0.4, -0.2) is 75.7 Å². The summed E-state index contributed by atoms with van der Waals surface area (Å²) >= 11 is 0. The van der Waals surface area contributed by atoms with Gasteiger partial charge >= 0.3 is 0 Å². The molecule has 0 radical (unpaired) electrons. The largest absolute Gasteiger partial charge is 0.493 e. The monoisotopic (exact) mass is 466 g/mol. The highest BCUT2D eigenvalue weighted by molar-refractivity contribution is 7.89. The molecule has 1 aromatic heterocycles. The van der Waals surface area contributed by atoms with Gasteiger partial charge in [0.15, 0.2) is 17.3 Å². The van der Waals surface area contributed by atoms with Crippen molar-refractivity contribution >= 4 is 15.9 Å². The fourth-order valence-corrected chi connectivity index (χ4v) is 5.36. The van der Waals surface area contributed by atoms with Gasteiger partial charge in [0.05, 0.1) is 20.3 Å². The molecule has 0 bridgehead atoms. The first-order valence-electron chi connectivity index (χ1n) is 10.3. The van der Waals surface area contributed by atoms with Crippen LogP contribution in [0.5, 0.6) is 11.5 Å². The Morgan fingerprint density at radius 1 is 1.16 bits per heavy atom. The van der Waals surface area contributed by atoms with Crippen molar-refractivity contribution in [2.75, 3.05) is 40.4 Å². The Morgan fingerprint density at radius 2 is 1.81 bits per heavy atom. The second-order valence-electron chi connectivity index (χ2n) is 7.79. The third-order valence-corrected chi connectivity index (χ3v) is 7.26. The molecule has 1 amide bonds. The maximum atomic E-state index is 12.8. The van der Waals surface area contributed by atoms with E-state index in [4.69, 9.17) is 14.0 Å². The highest BCUT2D eigenvalue weighted by Gasteiger charge is 2.31. The molecular formula is C21H30N4O6S. The van der Waals surface area contributed by atoms with Gasteiger partial charge in [0.25, 0.3) is 0 Å². The van der Waals surface area contributed by atoms with E-state index < -0.39 is 16.1 Å². The van der Waals surface area contributed by atoms with Crippen LogP contribution in [0.15, 0.2) is 27.6 Å². The second kappa shape index (κ2) is 9.88. The Bertz CT molecular complexity index is 1040. The van der Waals surface area contributed by atoms with Gasteiger partial charge in [0.2, 0.25) is 15.9 Å². The van der Waals surface area contributed by atoms with E-state index in [2.05, 4.69) is 14.8 Å². The number of piperazine rings is 1. The maximum absolute atomic E-state index is 12.8. The number of amides is 1. The van der Waals surface area contributed by atoms with Crippen molar-refractivity contribution in [3.8, 4) is 11.5 Å². The van der Waals surface area contributed by atoms with Gasteiger partial charge in [-0.15, -0.1) is 0 Å². The number of hydrogen-bond acceptors (Lipinski definition) is 8. The van der Waals surface area contributed by atoms with E-state index >= 15 is 0 Å². The van der Waals surface area contributed by atoms with Crippen LogP contribution in [0.2, 0.25) is 0 Å². The van der Waals surface area contributed by atoms with E-state index in [1.807, 2.05) is 18.2 Å². The lowest BCUT2D eigenvalue weighted by Crippen LogP contribution is -2.53. The highest BCUT2D eigenvalue weighted by atomic mass is 32.2. The van der Waals surface area contributed by atoms with Crippen LogP contribution in [0.4, 0.5) is 0 Å². The van der Waals surface area contributed by atoms with Crippen LogP contribution in [0, 0.1) is 13.8 Å². The Hall–Kier alpha value is -2.63. The summed E-state index contributed by atoms with van der Waals surface area (Å²) in [7, 11) is -0.707. The zero-order valence-corrected chi connectivity index (χ0v) is 19.9. The first-order chi connectivity index (χ1) is 15.2. The van der Waals surface area contributed by atoms with Crippen molar-refractivity contribution in [1.82, 2.24) is 19.7 Å². The molecule has 1 aliphatic heterocycles. The number of carbonyl (C=O) groups is 1. The fourth-order valence-electron chi connectivity index (χ4n) is 3.84. The molecule has 10 nitrogen and oxygen atoms in total. The Labute approximate surface area is 188 Å². The molecule has 11 heteroatoms. The summed E-state index contributed by atoms with van der Waals surface area (Å²) in [6.07, 6.45) is 0. The molecule has 32 heavy (non-hydrogen) atoms. The molecule has 176 valence electrons. The predicted molar refractivity (Wildman–Crippen MR) is 117 cm³/mol. The molecule has 2 aromatic rings. The Balaban J connectivity index is 1.56. The lowest BCUT2D eigenvalue weighted by Gasteiger charge is -2.36. The number of ether oxygens (including phenoxy) is 2. The van der Waals surface area contributed by atoms with Gasteiger partial charge in [-0.25, -0.2) is 8.42 Å². The van der Waals surface area contributed by atoms with Gasteiger partial charge in [-0.05, 0) is 38.5 Å². The molecule has 1 N–H and O–H groups in total. The lowest BCUT2D eigenvalue weighted by atomic mass is 10.1. The van der Waals surface area contributed by atoms with E-state index in [1.165, 1.54) is 6.92 Å². The minimum Gasteiger partial charge on any atom is -0.493 e. The third kappa shape index (κ3) is 5.22. The van der Waals surface area contributed by atoms with Crippen molar-refractivity contribution in [1.29, 1.82) is 0 Å². The zero-order chi connectivity index (χ0) is 23.5. The molecule has 1 fully saturated rings. The fraction of sp³-hybridized carbons (Fsp3) is 0.524. The highest BCUT2D eigenvalue weighted by Crippen LogP contribution is 2.28. The van der Waals surface area contributed by atoms with Crippen molar-refractivity contribution < 1.29 is 27.2 Å². The number of nitrogens with one attached hydrogen (secondary N) is 1. The minimum atomic E-state index is -3.91. The van der Waals surface area contributed by atoms with Crippen molar-refractivity contribution in [3.05, 3.63) is 35.2 Å². The van der Waals surface area contributed by atoms with Gasteiger partial charge in [-0.3, -0.25) is 9.69 Å². The molecule has 0 spiro atoms. The zero-order valence-electron chi connectivity index (χ0n) is 19.0. The van der Waals surface area contributed by atoms with Crippen molar-refractivity contribution in [2.24, 2.45) is 0 Å². The summed E-state index contributed by atoms with van der Waals surface area (Å²) < 4.78 is 43.4. The van der Waals surface area contributed by atoms with Crippen molar-refractivity contribution in [3.63, 3.8) is 0 Å². The number of aryl methyl sites for hydroxylation is 2. The summed E-state index contributed by atoms with van der Waals surface area (Å²) in [5, 5.41) is 3.68. The smallest absolute Gasteiger partial charge is 0.246 e. The molecular weight excluding hydrogens is 436 g/mol. The number of carbonyl (C=O) groups excluding carboxylic acids is 1. The third-order valence-electron chi connectivity index (χ3n) is 5.48. The number of rotatable bonds is 8. The van der Waals surface area contributed by atoms with E-state index in [9.17, 15) is 13.2 Å². The molecule has 1 saturated heterocycles. The van der Waals surface area contributed by atoms with Crippen LogP contribution in [-0.2, 0) is 21.4 Å². The number of methoxy groups -OCH3 is 2. The molecule has 1 aliphatic rings. The number of benzene rings is 1. The van der Waals surface area contributed by atoms with E-state index in [0.717, 1.165) is 12.1 Å². The molecule has 1 atom stereocenters. The second-order valence-corrected chi connectivity index (χ2v) is 9.44. The molecule has 0 unspecified atom stereocenters. The van der Waals surface area contributed by atoms with Crippen LogP contribution < -0.4 is 14.2 Å². The Kier molecular flexibility index (Phi) is 7.42. The van der Waals surface area contributed by atoms with Gasteiger partial charge in [-0.1, -0.05) is 11.2 Å². The standard InChI is InChI=1S/C21H30N4O6S/c1-14-20(16(3)31-22-14)32(27,28)23-15(2)21(26)25-10-8-24(9-11-25)13-17-6-7-18(29-4)19(12-17)30-5/h6-7,12,15,23H,8-11,13H2,1-5H3/t15-/m0/s1. The quantitative estimate of drug-likeness (QED) is 0.620. The molecule has 3 rings (SSSR count). The average Bonchev–Trinajstić information content (AvgIpc) is 3.12. The first-order valence-corrected chi connectivity index (χ1v) is 11.8. The lowest BCUT2D eigenvalue weighted by molar-refractivity contribution is -0.134.